The molecule has 0 aromatic carbocycles. The van der Waals surface area contributed by atoms with Gasteiger partial charge in [-0.2, -0.15) is 0 Å². The first-order chi connectivity index (χ1) is 11.7. The van der Waals surface area contributed by atoms with Crippen LogP contribution in [0.2, 0.25) is 0 Å². The summed E-state index contributed by atoms with van der Waals surface area (Å²) in [5.74, 6) is 0.775. The Balaban J connectivity index is 1.64. The second kappa shape index (κ2) is 6.32. The van der Waals surface area contributed by atoms with Crippen LogP contribution in [-0.4, -0.2) is 38.8 Å². The van der Waals surface area contributed by atoms with Gasteiger partial charge in [-0.25, -0.2) is 13.9 Å². The first-order valence-corrected chi connectivity index (χ1v) is 8.52. The van der Waals surface area contributed by atoms with Crippen LogP contribution in [-0.2, 0) is 0 Å². The Morgan fingerprint density at radius 1 is 1.12 bits per heavy atom. The number of nitrogens with zero attached hydrogens (tertiary/aromatic N) is 5. The second-order valence-electron chi connectivity index (χ2n) is 5.71. The predicted molar refractivity (Wildman–Crippen MR) is 95.6 cm³/mol. The van der Waals surface area contributed by atoms with Gasteiger partial charge in [0.25, 0.3) is 0 Å². The van der Waals surface area contributed by atoms with Crippen molar-refractivity contribution in [3.8, 4) is 0 Å². The largest absolute Gasteiger partial charge is 0.352 e. The van der Waals surface area contributed by atoms with Gasteiger partial charge < -0.3 is 4.90 Å². The first kappa shape index (κ1) is 15.3. The van der Waals surface area contributed by atoms with E-state index in [0.29, 0.717) is 19.5 Å². The molecule has 4 heterocycles. The number of halogens is 2. The van der Waals surface area contributed by atoms with Crippen LogP contribution in [0.3, 0.4) is 0 Å². The van der Waals surface area contributed by atoms with Gasteiger partial charge in [-0.1, -0.05) is 0 Å². The Hall–Kier alpha value is -2.28. The average molecular weight is 388 g/mol. The third-order valence-corrected chi connectivity index (χ3v) is 4.47. The van der Waals surface area contributed by atoms with Crippen LogP contribution in [0, 0.1) is 0 Å². The SMILES string of the molecule is FC1CCN(c2ccc3ncc(/C=C/c4ccc(Br)cn4)n3n2)C1. The van der Waals surface area contributed by atoms with Crippen molar-refractivity contribution in [1.82, 2.24) is 19.6 Å². The second-order valence-corrected chi connectivity index (χ2v) is 6.63. The summed E-state index contributed by atoms with van der Waals surface area (Å²) in [7, 11) is 0. The highest BCUT2D eigenvalue weighted by atomic mass is 79.9. The molecule has 0 radical (unpaired) electrons. The summed E-state index contributed by atoms with van der Waals surface area (Å²) >= 11 is 3.37. The van der Waals surface area contributed by atoms with Gasteiger partial charge >= 0.3 is 0 Å². The summed E-state index contributed by atoms with van der Waals surface area (Å²) < 4.78 is 16.1. The van der Waals surface area contributed by atoms with E-state index in [1.54, 1.807) is 16.9 Å². The van der Waals surface area contributed by atoms with E-state index in [-0.39, 0.29) is 0 Å². The number of aromatic nitrogens is 4. The van der Waals surface area contributed by atoms with Gasteiger partial charge in [0.05, 0.1) is 24.1 Å². The van der Waals surface area contributed by atoms with Gasteiger partial charge in [0.1, 0.15) is 12.0 Å². The highest BCUT2D eigenvalue weighted by molar-refractivity contribution is 9.10. The maximum atomic E-state index is 13.4. The topological polar surface area (TPSA) is 46.3 Å². The molecule has 0 N–H and O–H groups in total. The number of pyridine rings is 1. The molecule has 1 aliphatic heterocycles. The lowest BCUT2D eigenvalue weighted by atomic mass is 10.3. The number of rotatable bonds is 3. The summed E-state index contributed by atoms with van der Waals surface area (Å²) in [6.07, 6.45) is 7.15. The molecule has 1 aliphatic rings. The quantitative estimate of drug-likeness (QED) is 0.688. The van der Waals surface area contributed by atoms with Crippen molar-refractivity contribution in [2.24, 2.45) is 0 Å². The molecule has 0 spiro atoms. The molecule has 1 fully saturated rings. The highest BCUT2D eigenvalue weighted by Crippen LogP contribution is 2.21. The lowest BCUT2D eigenvalue weighted by molar-refractivity contribution is 0.364. The molecule has 5 nitrogen and oxygen atoms in total. The van der Waals surface area contributed by atoms with Crippen molar-refractivity contribution in [3.63, 3.8) is 0 Å². The Labute approximate surface area is 147 Å². The van der Waals surface area contributed by atoms with Crippen LogP contribution in [0.1, 0.15) is 17.8 Å². The Kier molecular flexibility index (Phi) is 4.02. The summed E-state index contributed by atoms with van der Waals surface area (Å²) in [6.45, 7) is 1.10. The van der Waals surface area contributed by atoms with Crippen molar-refractivity contribution in [1.29, 1.82) is 0 Å². The van der Waals surface area contributed by atoms with E-state index < -0.39 is 6.17 Å². The third kappa shape index (κ3) is 3.03. The van der Waals surface area contributed by atoms with Crippen LogP contribution in [0.15, 0.2) is 41.1 Å². The van der Waals surface area contributed by atoms with Gasteiger partial charge in [0.2, 0.25) is 0 Å². The maximum Gasteiger partial charge on any atom is 0.154 e. The molecule has 1 unspecified atom stereocenters. The van der Waals surface area contributed by atoms with Gasteiger partial charge in [-0.05, 0) is 58.8 Å². The van der Waals surface area contributed by atoms with Crippen LogP contribution in [0.4, 0.5) is 10.2 Å². The molecule has 7 heteroatoms. The van der Waals surface area contributed by atoms with Crippen molar-refractivity contribution in [2.45, 2.75) is 12.6 Å². The molecule has 122 valence electrons. The molecule has 1 saturated heterocycles. The molecule has 0 aliphatic carbocycles. The summed E-state index contributed by atoms with van der Waals surface area (Å²) in [4.78, 5) is 10.6. The maximum absolute atomic E-state index is 13.4. The zero-order valence-corrected chi connectivity index (χ0v) is 14.4. The van der Waals surface area contributed by atoms with E-state index in [1.807, 2.05) is 41.3 Å². The first-order valence-electron chi connectivity index (χ1n) is 7.72. The summed E-state index contributed by atoms with van der Waals surface area (Å²) in [6, 6.07) is 7.67. The standard InChI is InChI=1S/C17H15BrFN5/c18-12-1-2-14(20-9-12)3-4-15-10-21-16-5-6-17(22-24(15)16)23-8-7-13(19)11-23/h1-6,9-10,13H,7-8,11H2/b4-3+. The van der Waals surface area contributed by atoms with E-state index in [2.05, 4.69) is 31.0 Å². The molecule has 1 atom stereocenters. The molecular weight excluding hydrogens is 373 g/mol. The molecule has 3 aromatic rings. The van der Waals surface area contributed by atoms with E-state index in [0.717, 1.165) is 27.3 Å². The fourth-order valence-corrected chi connectivity index (χ4v) is 2.98. The average Bonchev–Trinajstić information content (AvgIpc) is 3.20. The molecule has 0 saturated carbocycles. The number of imidazole rings is 1. The van der Waals surface area contributed by atoms with E-state index in [1.165, 1.54) is 0 Å². The van der Waals surface area contributed by atoms with Crippen molar-refractivity contribution in [3.05, 3.63) is 52.5 Å². The van der Waals surface area contributed by atoms with Crippen molar-refractivity contribution < 1.29 is 4.39 Å². The van der Waals surface area contributed by atoms with E-state index in [4.69, 9.17) is 0 Å². The van der Waals surface area contributed by atoms with Gasteiger partial charge in [0.15, 0.2) is 5.65 Å². The smallest absolute Gasteiger partial charge is 0.154 e. The minimum Gasteiger partial charge on any atom is -0.352 e. The normalized spacial score (nSPS) is 18.1. The molecule has 3 aromatic heterocycles. The van der Waals surface area contributed by atoms with Gasteiger partial charge in [-0.15, -0.1) is 5.10 Å². The third-order valence-electron chi connectivity index (χ3n) is 4.00. The van der Waals surface area contributed by atoms with Crippen LogP contribution >= 0.6 is 15.9 Å². The fourth-order valence-electron chi connectivity index (χ4n) is 2.75. The minimum atomic E-state index is -0.770. The van der Waals surface area contributed by atoms with E-state index in [9.17, 15) is 4.39 Å². The lowest BCUT2D eigenvalue weighted by Gasteiger charge is -2.15. The monoisotopic (exact) mass is 387 g/mol. The number of hydrogen-bond donors (Lipinski definition) is 0. The highest BCUT2D eigenvalue weighted by Gasteiger charge is 2.23. The fraction of sp³-hybridized carbons (Fsp3) is 0.235. The summed E-state index contributed by atoms with van der Waals surface area (Å²) in [5, 5.41) is 4.61. The molecular formula is C17H15BrFN5. The Bertz CT molecular complexity index is 890. The molecule has 4 rings (SSSR count). The number of hydrogen-bond acceptors (Lipinski definition) is 4. The lowest BCUT2D eigenvalue weighted by Crippen LogP contribution is -2.21. The van der Waals surface area contributed by atoms with Gasteiger partial charge in [0, 0.05) is 17.2 Å². The van der Waals surface area contributed by atoms with Crippen molar-refractivity contribution >= 4 is 39.5 Å². The molecule has 0 bridgehead atoms. The van der Waals surface area contributed by atoms with Crippen molar-refractivity contribution in [2.75, 3.05) is 18.0 Å². The van der Waals surface area contributed by atoms with Crippen LogP contribution in [0.25, 0.3) is 17.8 Å². The zero-order valence-electron chi connectivity index (χ0n) is 12.8. The number of anilines is 1. The zero-order chi connectivity index (χ0) is 16.5. The van der Waals surface area contributed by atoms with Crippen LogP contribution in [0.5, 0.6) is 0 Å². The van der Waals surface area contributed by atoms with Gasteiger partial charge in [-0.3, -0.25) is 4.98 Å². The number of fused-ring (bicyclic) bond motifs is 1. The Morgan fingerprint density at radius 2 is 2.04 bits per heavy atom. The molecule has 0 amide bonds. The predicted octanol–water partition coefficient (Wildman–Crippen LogP) is 3.61. The minimum absolute atomic E-state index is 0.404. The molecule has 24 heavy (non-hydrogen) atoms. The summed E-state index contributed by atoms with van der Waals surface area (Å²) in [5.41, 5.74) is 2.47. The van der Waals surface area contributed by atoms with E-state index >= 15 is 0 Å². The van der Waals surface area contributed by atoms with Crippen LogP contribution < -0.4 is 4.90 Å². The number of alkyl halides is 1. The Morgan fingerprint density at radius 3 is 2.79 bits per heavy atom.